The predicted octanol–water partition coefficient (Wildman–Crippen LogP) is 6.49. The van der Waals surface area contributed by atoms with E-state index < -0.39 is 53.0 Å². The number of nitrogens with zero attached hydrogens (tertiary/aromatic N) is 2. The van der Waals surface area contributed by atoms with Gasteiger partial charge in [-0.15, -0.1) is 0 Å². The molecule has 5 rings (SSSR count). The topological polar surface area (TPSA) is 65.6 Å². The van der Waals surface area contributed by atoms with Crippen LogP contribution in [0.2, 0.25) is 0 Å². The van der Waals surface area contributed by atoms with E-state index in [2.05, 4.69) is 4.98 Å². The molecule has 1 aliphatic heterocycles. The molecule has 1 saturated heterocycles. The zero-order valence-corrected chi connectivity index (χ0v) is 22.9. The molecule has 0 spiro atoms. The fraction of sp³-hybridized carbons (Fsp3) is 0.290. The number of rotatable bonds is 6. The third kappa shape index (κ3) is 6.38. The molecule has 43 heavy (non-hydrogen) atoms. The zero-order chi connectivity index (χ0) is 30.9. The summed E-state index contributed by atoms with van der Waals surface area (Å²) < 4.78 is 86.6. The molecule has 1 aliphatic rings. The van der Waals surface area contributed by atoms with Gasteiger partial charge in [0, 0.05) is 48.3 Å². The van der Waals surface area contributed by atoms with Crippen molar-refractivity contribution in [1.29, 1.82) is 0 Å². The third-order valence-corrected chi connectivity index (χ3v) is 7.64. The van der Waals surface area contributed by atoms with Crippen LogP contribution < -0.4 is 0 Å². The van der Waals surface area contributed by atoms with Gasteiger partial charge in [0.15, 0.2) is 0 Å². The second-order valence-corrected chi connectivity index (χ2v) is 10.3. The van der Waals surface area contributed by atoms with Crippen LogP contribution in [0.1, 0.15) is 38.7 Å². The number of aromatic amines is 1. The summed E-state index contributed by atoms with van der Waals surface area (Å²) in [5, 5.41) is 0.859. The number of alkyl halides is 6. The number of ether oxygens (including phenoxy) is 1. The average Bonchev–Trinajstić information content (AvgIpc) is 3.39. The first-order valence-corrected chi connectivity index (χ1v) is 13.4. The highest BCUT2D eigenvalue weighted by atomic mass is 19.4. The largest absolute Gasteiger partial charge is 0.468 e. The molecule has 2 heterocycles. The maximum Gasteiger partial charge on any atom is 0.416 e. The number of amides is 1. The number of para-hydroxylation sites is 1. The van der Waals surface area contributed by atoms with Gasteiger partial charge < -0.3 is 14.6 Å². The Hall–Kier alpha value is -4.32. The van der Waals surface area contributed by atoms with Crippen molar-refractivity contribution in [2.24, 2.45) is 0 Å². The van der Waals surface area contributed by atoms with Gasteiger partial charge in [-0.3, -0.25) is 9.69 Å². The molecular formula is C31H27F6N3O3. The number of piperazine rings is 1. The summed E-state index contributed by atoms with van der Waals surface area (Å²) in [5.41, 5.74) is -1.57. The lowest BCUT2D eigenvalue weighted by Gasteiger charge is -2.44. The Balaban J connectivity index is 1.54. The van der Waals surface area contributed by atoms with Crippen molar-refractivity contribution in [1.82, 2.24) is 14.8 Å². The zero-order valence-electron chi connectivity index (χ0n) is 22.9. The molecule has 0 bridgehead atoms. The first-order chi connectivity index (χ1) is 20.4. The Labute approximate surface area is 242 Å². The molecule has 1 N–H and O–H groups in total. The number of aromatic nitrogens is 1. The highest BCUT2D eigenvalue weighted by Gasteiger charge is 2.41. The number of H-pyrrole nitrogens is 1. The second-order valence-electron chi connectivity index (χ2n) is 10.3. The first kappa shape index (κ1) is 30.1. The van der Waals surface area contributed by atoms with Gasteiger partial charge in [-0.05, 0) is 41.8 Å². The highest BCUT2D eigenvalue weighted by molar-refractivity contribution is 5.95. The monoisotopic (exact) mass is 603 g/mol. The van der Waals surface area contributed by atoms with Gasteiger partial charge in [0.1, 0.15) is 6.04 Å². The lowest BCUT2D eigenvalue weighted by atomic mass is 9.96. The van der Waals surface area contributed by atoms with E-state index in [1.54, 1.807) is 36.5 Å². The number of hydrogen-bond donors (Lipinski definition) is 1. The fourth-order valence-corrected chi connectivity index (χ4v) is 5.60. The molecule has 1 fully saturated rings. The van der Waals surface area contributed by atoms with E-state index >= 15 is 0 Å². The molecule has 0 radical (unpaired) electrons. The van der Waals surface area contributed by atoms with Crippen molar-refractivity contribution in [3.05, 3.63) is 107 Å². The van der Waals surface area contributed by atoms with E-state index in [1.807, 2.05) is 29.2 Å². The molecule has 1 amide bonds. The summed E-state index contributed by atoms with van der Waals surface area (Å²) >= 11 is 0. The average molecular weight is 604 g/mol. The van der Waals surface area contributed by atoms with Crippen LogP contribution in [-0.2, 0) is 28.3 Å². The molecule has 2 atom stereocenters. The van der Waals surface area contributed by atoms with Crippen LogP contribution in [0.3, 0.4) is 0 Å². The van der Waals surface area contributed by atoms with Crippen LogP contribution in [0.4, 0.5) is 26.3 Å². The second kappa shape index (κ2) is 11.8. The molecule has 12 heteroatoms. The molecule has 1 unspecified atom stereocenters. The summed E-state index contributed by atoms with van der Waals surface area (Å²) in [6.45, 7) is 0.171. The molecule has 4 aromatic rings. The number of esters is 1. The normalized spacial score (nSPS) is 17.2. The van der Waals surface area contributed by atoms with Crippen LogP contribution in [0.15, 0.2) is 79.0 Å². The van der Waals surface area contributed by atoms with Crippen molar-refractivity contribution in [2.45, 2.75) is 30.9 Å². The van der Waals surface area contributed by atoms with Gasteiger partial charge in [0.05, 0.1) is 18.2 Å². The Morgan fingerprint density at radius 3 is 2.16 bits per heavy atom. The minimum Gasteiger partial charge on any atom is -0.468 e. The molecule has 1 aromatic heterocycles. The number of methoxy groups -OCH3 is 1. The molecule has 0 saturated carbocycles. The summed E-state index contributed by atoms with van der Waals surface area (Å²) in [5.74, 6) is -1.50. The van der Waals surface area contributed by atoms with Crippen LogP contribution in [0, 0.1) is 0 Å². The number of carbonyl (C=O) groups is 2. The Morgan fingerprint density at radius 2 is 1.53 bits per heavy atom. The van der Waals surface area contributed by atoms with Crippen molar-refractivity contribution in [3.8, 4) is 0 Å². The molecular weight excluding hydrogens is 576 g/mol. The van der Waals surface area contributed by atoms with E-state index in [-0.39, 0.29) is 32.1 Å². The Bertz CT molecular complexity index is 1580. The van der Waals surface area contributed by atoms with Gasteiger partial charge in [0.2, 0.25) is 0 Å². The number of nitrogens with one attached hydrogen (secondary N) is 1. The maximum absolute atomic E-state index is 13.8. The van der Waals surface area contributed by atoms with Crippen molar-refractivity contribution < 1.29 is 40.7 Å². The Kier molecular flexibility index (Phi) is 8.24. The lowest BCUT2D eigenvalue weighted by Crippen LogP contribution is -2.57. The third-order valence-electron chi connectivity index (χ3n) is 7.64. The van der Waals surface area contributed by atoms with Gasteiger partial charge in [-0.1, -0.05) is 48.5 Å². The quantitative estimate of drug-likeness (QED) is 0.202. The predicted molar refractivity (Wildman–Crippen MR) is 146 cm³/mol. The number of benzene rings is 3. The van der Waals surface area contributed by atoms with E-state index in [0.717, 1.165) is 16.5 Å². The SMILES string of the molecule is COC(=O)C(c1ccccc1)N1CCN(C(=O)c2cc(C(F)(F)F)cc(C(F)(F)F)c2)[C@H](Cc2c[nH]c3ccccc23)C1. The molecule has 3 aromatic carbocycles. The van der Waals surface area contributed by atoms with Crippen LogP contribution >= 0.6 is 0 Å². The van der Waals surface area contributed by atoms with E-state index in [1.165, 1.54) is 12.0 Å². The van der Waals surface area contributed by atoms with E-state index in [4.69, 9.17) is 4.74 Å². The molecule has 0 aliphatic carbocycles. The minimum absolute atomic E-state index is 0.00103. The summed E-state index contributed by atoms with van der Waals surface area (Å²) in [4.78, 5) is 33.0. The first-order valence-electron chi connectivity index (χ1n) is 13.4. The molecule has 226 valence electrons. The Morgan fingerprint density at radius 1 is 0.907 bits per heavy atom. The van der Waals surface area contributed by atoms with Crippen LogP contribution in [-0.4, -0.2) is 59.4 Å². The van der Waals surface area contributed by atoms with E-state index in [0.29, 0.717) is 17.7 Å². The summed E-state index contributed by atoms with van der Waals surface area (Å²) in [6.07, 6.45) is -8.21. The van der Waals surface area contributed by atoms with E-state index in [9.17, 15) is 35.9 Å². The standard InChI is InChI=1S/C31H27F6N3O3/c1-43-29(42)27(19-7-3-2-4-8-19)39-11-12-40(24(18-39)15-21-17-38-26-10-6-5-9-25(21)26)28(41)20-13-22(30(32,33)34)16-23(14-20)31(35,36)37/h2-10,13-14,16-17,24,27,38H,11-12,15,18H2,1H3/t24-,27?/m1/s1. The summed E-state index contributed by atoms with van der Waals surface area (Å²) in [7, 11) is 1.26. The van der Waals surface area contributed by atoms with Gasteiger partial charge >= 0.3 is 18.3 Å². The van der Waals surface area contributed by atoms with Gasteiger partial charge in [0.25, 0.3) is 5.91 Å². The van der Waals surface area contributed by atoms with Gasteiger partial charge in [-0.2, -0.15) is 26.3 Å². The maximum atomic E-state index is 13.8. The van der Waals surface area contributed by atoms with Crippen molar-refractivity contribution >= 4 is 22.8 Å². The number of hydrogen-bond acceptors (Lipinski definition) is 4. The lowest BCUT2D eigenvalue weighted by molar-refractivity contribution is -0.148. The van der Waals surface area contributed by atoms with Crippen LogP contribution in [0.25, 0.3) is 10.9 Å². The minimum atomic E-state index is -5.10. The van der Waals surface area contributed by atoms with Crippen molar-refractivity contribution in [3.63, 3.8) is 0 Å². The number of fused-ring (bicyclic) bond motifs is 1. The number of carbonyl (C=O) groups excluding carboxylic acids is 2. The fourth-order valence-electron chi connectivity index (χ4n) is 5.60. The smallest absolute Gasteiger partial charge is 0.416 e. The van der Waals surface area contributed by atoms with Gasteiger partial charge in [-0.25, -0.2) is 4.79 Å². The number of halogens is 6. The summed E-state index contributed by atoms with van der Waals surface area (Å²) in [6, 6.07) is 15.6. The molecule has 6 nitrogen and oxygen atoms in total. The highest BCUT2D eigenvalue weighted by Crippen LogP contribution is 2.37. The van der Waals surface area contributed by atoms with Crippen LogP contribution in [0.5, 0.6) is 0 Å². The van der Waals surface area contributed by atoms with Crippen molar-refractivity contribution in [2.75, 3.05) is 26.7 Å².